The molecule has 1 unspecified atom stereocenters. The quantitative estimate of drug-likeness (QED) is 0.787. The molecule has 3 heterocycles. The van der Waals surface area contributed by atoms with Gasteiger partial charge in [-0.25, -0.2) is 0 Å². The van der Waals surface area contributed by atoms with Crippen molar-refractivity contribution in [3.05, 3.63) is 41.6 Å². The number of nitrogens with zero attached hydrogens (tertiary/aromatic N) is 3. The highest BCUT2D eigenvalue weighted by atomic mass is 16.3. The Morgan fingerprint density at radius 1 is 1.32 bits per heavy atom. The highest BCUT2D eigenvalue weighted by Gasteiger charge is 2.30. The first kappa shape index (κ1) is 16.9. The van der Waals surface area contributed by atoms with Crippen LogP contribution in [0.3, 0.4) is 0 Å². The number of aromatic nitrogens is 2. The SMILES string of the molecule is Cc1cc(C)n(C(CNC(=O)CN2C(=O)CCC2=O)c2ccco2)n1. The number of likely N-dealkylation sites (tertiary alicyclic amines) is 1. The van der Waals surface area contributed by atoms with Gasteiger partial charge in [-0.05, 0) is 32.0 Å². The average Bonchev–Trinajstić information content (AvgIpc) is 3.27. The molecule has 132 valence electrons. The summed E-state index contributed by atoms with van der Waals surface area (Å²) < 4.78 is 7.28. The third kappa shape index (κ3) is 3.62. The van der Waals surface area contributed by atoms with Gasteiger partial charge >= 0.3 is 0 Å². The fourth-order valence-corrected chi connectivity index (χ4v) is 2.96. The molecule has 1 aliphatic rings. The molecule has 0 spiro atoms. The lowest BCUT2D eigenvalue weighted by Gasteiger charge is -2.19. The maximum absolute atomic E-state index is 12.2. The Morgan fingerprint density at radius 3 is 2.60 bits per heavy atom. The van der Waals surface area contributed by atoms with Crippen molar-refractivity contribution >= 4 is 17.7 Å². The number of furan rings is 1. The van der Waals surface area contributed by atoms with Crippen molar-refractivity contribution in [1.82, 2.24) is 20.0 Å². The zero-order chi connectivity index (χ0) is 18.0. The van der Waals surface area contributed by atoms with E-state index in [4.69, 9.17) is 4.42 Å². The second-order valence-electron chi connectivity index (χ2n) is 6.08. The molecule has 0 radical (unpaired) electrons. The van der Waals surface area contributed by atoms with E-state index in [2.05, 4.69) is 10.4 Å². The lowest BCUT2D eigenvalue weighted by Crippen LogP contribution is -2.41. The van der Waals surface area contributed by atoms with E-state index in [-0.39, 0.29) is 49.7 Å². The zero-order valence-corrected chi connectivity index (χ0v) is 14.2. The van der Waals surface area contributed by atoms with Crippen LogP contribution in [0.25, 0.3) is 0 Å². The van der Waals surface area contributed by atoms with E-state index < -0.39 is 0 Å². The van der Waals surface area contributed by atoms with Gasteiger partial charge in [0, 0.05) is 25.1 Å². The van der Waals surface area contributed by atoms with Crippen LogP contribution in [-0.2, 0) is 14.4 Å². The van der Waals surface area contributed by atoms with E-state index in [0.29, 0.717) is 5.76 Å². The van der Waals surface area contributed by atoms with E-state index in [1.165, 1.54) is 0 Å². The number of nitrogens with one attached hydrogen (secondary N) is 1. The number of aryl methyl sites for hydroxylation is 2. The molecule has 0 bridgehead atoms. The van der Waals surface area contributed by atoms with Crippen LogP contribution < -0.4 is 5.32 Å². The minimum absolute atomic E-state index is 0.174. The van der Waals surface area contributed by atoms with Crippen molar-refractivity contribution in [2.75, 3.05) is 13.1 Å². The molecule has 1 saturated heterocycles. The Labute approximate surface area is 144 Å². The summed E-state index contributed by atoms with van der Waals surface area (Å²) in [6.45, 7) is 3.81. The van der Waals surface area contributed by atoms with Gasteiger partial charge in [-0.3, -0.25) is 24.0 Å². The topological polar surface area (TPSA) is 97.4 Å². The second kappa shape index (κ2) is 6.92. The van der Waals surface area contributed by atoms with Crippen molar-refractivity contribution in [2.45, 2.75) is 32.7 Å². The van der Waals surface area contributed by atoms with Crippen LogP contribution in [0.15, 0.2) is 28.9 Å². The molecule has 0 aromatic carbocycles. The molecule has 2 aromatic rings. The summed E-state index contributed by atoms with van der Waals surface area (Å²) in [6, 6.07) is 5.23. The molecule has 3 rings (SSSR count). The van der Waals surface area contributed by atoms with Crippen LogP contribution in [-0.4, -0.2) is 45.5 Å². The first-order valence-electron chi connectivity index (χ1n) is 8.11. The summed E-state index contributed by atoms with van der Waals surface area (Å²) in [7, 11) is 0. The number of hydrogen-bond donors (Lipinski definition) is 1. The Bertz CT molecular complexity index is 778. The number of imide groups is 1. The van der Waals surface area contributed by atoms with Crippen LogP contribution in [0.2, 0.25) is 0 Å². The van der Waals surface area contributed by atoms with Gasteiger partial charge in [-0.2, -0.15) is 5.10 Å². The standard InChI is InChI=1S/C17H20N4O4/c1-11-8-12(2)21(19-11)13(14-4-3-7-25-14)9-18-15(22)10-20-16(23)5-6-17(20)24/h3-4,7-8,13H,5-6,9-10H2,1-2H3,(H,18,22). The van der Waals surface area contributed by atoms with E-state index >= 15 is 0 Å². The first-order chi connectivity index (χ1) is 12.0. The maximum Gasteiger partial charge on any atom is 0.240 e. The van der Waals surface area contributed by atoms with Gasteiger partial charge in [0.15, 0.2) is 0 Å². The van der Waals surface area contributed by atoms with Gasteiger partial charge in [0.05, 0.1) is 12.0 Å². The zero-order valence-electron chi connectivity index (χ0n) is 14.2. The van der Waals surface area contributed by atoms with Gasteiger partial charge in [0.1, 0.15) is 18.3 Å². The van der Waals surface area contributed by atoms with E-state index in [1.807, 2.05) is 26.0 Å². The normalized spacial score (nSPS) is 15.7. The largest absolute Gasteiger partial charge is 0.467 e. The molecule has 8 nitrogen and oxygen atoms in total. The second-order valence-corrected chi connectivity index (χ2v) is 6.08. The first-order valence-corrected chi connectivity index (χ1v) is 8.11. The summed E-state index contributed by atoms with van der Waals surface area (Å²) in [6.07, 6.45) is 1.91. The third-order valence-electron chi connectivity index (χ3n) is 4.16. The predicted octanol–water partition coefficient (Wildman–Crippen LogP) is 0.948. The van der Waals surface area contributed by atoms with Gasteiger partial charge in [0.2, 0.25) is 17.7 Å². The summed E-state index contributed by atoms with van der Waals surface area (Å²) in [4.78, 5) is 36.4. The molecule has 0 saturated carbocycles. The Balaban J connectivity index is 1.69. The molecule has 0 aliphatic carbocycles. The van der Waals surface area contributed by atoms with Gasteiger partial charge in [-0.15, -0.1) is 0 Å². The van der Waals surface area contributed by atoms with Gasteiger partial charge < -0.3 is 9.73 Å². The van der Waals surface area contributed by atoms with E-state index in [9.17, 15) is 14.4 Å². The van der Waals surface area contributed by atoms with Gasteiger partial charge in [0.25, 0.3) is 0 Å². The predicted molar refractivity (Wildman–Crippen MR) is 87.5 cm³/mol. The monoisotopic (exact) mass is 344 g/mol. The van der Waals surface area contributed by atoms with Crippen LogP contribution in [0.1, 0.15) is 36.0 Å². The molecule has 8 heteroatoms. The molecule has 2 aromatic heterocycles. The van der Waals surface area contributed by atoms with Crippen molar-refractivity contribution in [1.29, 1.82) is 0 Å². The maximum atomic E-state index is 12.2. The highest BCUT2D eigenvalue weighted by molar-refractivity contribution is 6.04. The fourth-order valence-electron chi connectivity index (χ4n) is 2.96. The van der Waals surface area contributed by atoms with Crippen LogP contribution in [0, 0.1) is 13.8 Å². The number of carbonyl (C=O) groups excluding carboxylic acids is 3. The minimum atomic E-state index is -0.387. The molecule has 1 fully saturated rings. The summed E-state index contributed by atoms with van der Waals surface area (Å²) in [5, 5.41) is 7.23. The smallest absolute Gasteiger partial charge is 0.240 e. The molecule has 1 N–H and O–H groups in total. The fraction of sp³-hybridized carbons (Fsp3) is 0.412. The minimum Gasteiger partial charge on any atom is -0.467 e. The number of carbonyl (C=O) groups is 3. The average molecular weight is 344 g/mol. The third-order valence-corrected chi connectivity index (χ3v) is 4.16. The molecule has 1 aliphatic heterocycles. The lowest BCUT2D eigenvalue weighted by atomic mass is 10.2. The number of amides is 3. The Kier molecular flexibility index (Phi) is 4.69. The van der Waals surface area contributed by atoms with E-state index in [1.54, 1.807) is 17.0 Å². The van der Waals surface area contributed by atoms with Gasteiger partial charge in [-0.1, -0.05) is 0 Å². The van der Waals surface area contributed by atoms with Crippen molar-refractivity contribution in [3.63, 3.8) is 0 Å². The number of rotatable bonds is 6. The van der Waals surface area contributed by atoms with E-state index in [0.717, 1.165) is 16.3 Å². The van der Waals surface area contributed by atoms with Crippen LogP contribution >= 0.6 is 0 Å². The Hall–Kier alpha value is -2.90. The molecular formula is C17H20N4O4. The summed E-state index contributed by atoms with van der Waals surface area (Å²) in [5.74, 6) is -0.330. The van der Waals surface area contributed by atoms with Crippen LogP contribution in [0.5, 0.6) is 0 Å². The number of hydrogen-bond acceptors (Lipinski definition) is 5. The highest BCUT2D eigenvalue weighted by Crippen LogP contribution is 2.20. The summed E-state index contributed by atoms with van der Waals surface area (Å²) >= 11 is 0. The molecule has 3 amide bonds. The molecule has 25 heavy (non-hydrogen) atoms. The van der Waals surface area contributed by atoms with Crippen molar-refractivity contribution in [2.24, 2.45) is 0 Å². The van der Waals surface area contributed by atoms with Crippen molar-refractivity contribution < 1.29 is 18.8 Å². The summed E-state index contributed by atoms with van der Waals surface area (Å²) in [5.41, 5.74) is 1.81. The van der Waals surface area contributed by atoms with Crippen molar-refractivity contribution in [3.8, 4) is 0 Å². The molecule has 1 atom stereocenters. The molecular weight excluding hydrogens is 324 g/mol. The Morgan fingerprint density at radius 2 is 2.04 bits per heavy atom. The van der Waals surface area contributed by atoms with Crippen LogP contribution in [0.4, 0.5) is 0 Å². The lowest BCUT2D eigenvalue weighted by molar-refractivity contribution is -0.142.